The van der Waals surface area contributed by atoms with Gasteiger partial charge in [0.05, 0.1) is 10.8 Å². The topological polar surface area (TPSA) is 113 Å². The van der Waals surface area contributed by atoms with Gasteiger partial charge in [-0.2, -0.15) is 5.21 Å². The number of hydrogen-bond donors (Lipinski definition) is 1. The lowest BCUT2D eigenvalue weighted by Crippen LogP contribution is -2.01. The summed E-state index contributed by atoms with van der Waals surface area (Å²) >= 11 is 0. The number of diazo groups is 1. The summed E-state index contributed by atoms with van der Waals surface area (Å²) in [5, 5.41) is 23.3. The second-order valence-corrected chi connectivity index (χ2v) is 4.66. The molecule has 0 spiro atoms. The fraction of sp³-hybridized carbons (Fsp3) is 0. The van der Waals surface area contributed by atoms with Gasteiger partial charge in [-0.15, -0.1) is 10.2 Å². The molecule has 2 heterocycles. The molecule has 0 atom stereocenters. The van der Waals surface area contributed by atoms with Crippen LogP contribution in [0.25, 0.3) is 38.3 Å². The number of nitrogens with one attached hydrogen (secondary N) is 1. The number of aromatic amines is 1. The Labute approximate surface area is 122 Å². The third-order valence-corrected chi connectivity index (χ3v) is 3.37. The largest absolute Gasteiger partial charge is 0.456 e. The molecular weight excluding hydrogens is 284 g/mol. The van der Waals surface area contributed by atoms with Crippen LogP contribution in [0.1, 0.15) is 0 Å². The number of aromatic nitrogens is 4. The first-order chi connectivity index (χ1) is 10.8. The third-order valence-electron chi connectivity index (χ3n) is 3.37. The molecule has 104 valence electrons. The predicted molar refractivity (Wildman–Crippen MR) is 77.9 cm³/mol. The van der Waals surface area contributed by atoms with E-state index in [0.717, 1.165) is 0 Å². The highest BCUT2D eigenvalue weighted by Crippen LogP contribution is 2.25. The summed E-state index contributed by atoms with van der Waals surface area (Å²) in [4.78, 5) is 15.6. The van der Waals surface area contributed by atoms with Gasteiger partial charge in [0.1, 0.15) is 11.2 Å². The van der Waals surface area contributed by atoms with Gasteiger partial charge in [-0.25, -0.2) is 0 Å². The molecule has 4 aromatic rings. The molecule has 0 saturated carbocycles. The van der Waals surface area contributed by atoms with Crippen molar-refractivity contribution in [2.24, 2.45) is 0 Å². The van der Waals surface area contributed by atoms with Crippen LogP contribution >= 0.6 is 0 Å². The number of rotatable bonds is 1. The van der Waals surface area contributed by atoms with Gasteiger partial charge in [-0.05, 0) is 23.4 Å². The molecule has 0 unspecified atom stereocenters. The lowest BCUT2D eigenvalue weighted by molar-refractivity contribution is 0.660. The molecule has 4 rings (SSSR count). The van der Waals surface area contributed by atoms with E-state index in [-0.39, 0.29) is 5.43 Å². The maximum absolute atomic E-state index is 12.5. The molecule has 0 radical (unpaired) electrons. The molecule has 2 aromatic heterocycles. The van der Waals surface area contributed by atoms with Crippen molar-refractivity contribution in [1.29, 1.82) is 5.39 Å². The fourth-order valence-corrected chi connectivity index (χ4v) is 2.33. The zero-order valence-electron chi connectivity index (χ0n) is 11.0. The number of hydrogen-bond acceptors (Lipinski definition) is 6. The second kappa shape index (κ2) is 4.46. The summed E-state index contributed by atoms with van der Waals surface area (Å²) in [7, 11) is 0. The summed E-state index contributed by atoms with van der Waals surface area (Å²) in [6, 6.07) is 9.68. The minimum atomic E-state index is -0.193. The lowest BCUT2D eigenvalue weighted by Gasteiger charge is -2.01. The van der Waals surface area contributed by atoms with Gasteiger partial charge in [0.15, 0.2) is 4.98 Å². The molecule has 1 N–H and O–H groups in total. The van der Waals surface area contributed by atoms with E-state index in [0.29, 0.717) is 39.0 Å². The van der Waals surface area contributed by atoms with Crippen molar-refractivity contribution < 1.29 is 4.42 Å². The van der Waals surface area contributed by atoms with Crippen LogP contribution in [-0.4, -0.2) is 20.6 Å². The van der Waals surface area contributed by atoms with Crippen molar-refractivity contribution in [2.75, 3.05) is 0 Å². The van der Waals surface area contributed by atoms with Gasteiger partial charge in [0.25, 0.3) is 0 Å². The fourth-order valence-electron chi connectivity index (χ4n) is 2.33. The van der Waals surface area contributed by atoms with Crippen molar-refractivity contribution in [3.05, 3.63) is 51.6 Å². The summed E-state index contributed by atoms with van der Waals surface area (Å²) < 4.78 is 5.76. The number of H-pyrrole nitrogens is 1. The van der Waals surface area contributed by atoms with Crippen LogP contribution in [0.2, 0.25) is 0 Å². The van der Waals surface area contributed by atoms with Crippen LogP contribution in [0.5, 0.6) is 0 Å². The predicted octanol–water partition coefficient (Wildman–Crippen LogP) is 2.61. The molecular formula is C14H7N6O2+. The average Bonchev–Trinajstić information content (AvgIpc) is 3.09. The molecule has 8 heteroatoms. The van der Waals surface area contributed by atoms with Crippen LogP contribution in [0.3, 0.4) is 0 Å². The third kappa shape index (κ3) is 1.73. The maximum atomic E-state index is 12.5. The Kier molecular flexibility index (Phi) is 2.46. The summed E-state index contributed by atoms with van der Waals surface area (Å²) in [5.41, 5.74) is 1.62. The van der Waals surface area contributed by atoms with Gasteiger partial charge in [0, 0.05) is 17.7 Å². The van der Waals surface area contributed by atoms with Gasteiger partial charge in [-0.1, -0.05) is 6.07 Å². The standard InChI is InChI=1S/C14H6N6O2/c15-16-8-2-4-11-10(6-8)13(21)9-3-1-7(5-12(9)22-11)14-17-19-20-18-14/h1-6H/p+1. The minimum Gasteiger partial charge on any atom is -0.456 e. The maximum Gasteiger partial charge on any atom is 0.386 e. The normalized spacial score (nSPS) is 10.9. The van der Waals surface area contributed by atoms with Crippen molar-refractivity contribution >= 4 is 27.6 Å². The molecule has 0 aliphatic rings. The number of benzene rings is 2. The van der Waals surface area contributed by atoms with Crippen LogP contribution in [0, 0.1) is 5.39 Å². The highest BCUT2D eigenvalue weighted by Gasteiger charge is 2.14. The Balaban J connectivity index is 2.05. The Morgan fingerprint density at radius 1 is 1.09 bits per heavy atom. The molecule has 22 heavy (non-hydrogen) atoms. The second-order valence-electron chi connectivity index (χ2n) is 4.66. The van der Waals surface area contributed by atoms with E-state index < -0.39 is 0 Å². The highest BCUT2D eigenvalue weighted by atomic mass is 16.3. The van der Waals surface area contributed by atoms with E-state index >= 15 is 0 Å². The Hall–Kier alpha value is -3.60. The van der Waals surface area contributed by atoms with E-state index in [1.807, 2.05) is 0 Å². The van der Waals surface area contributed by atoms with E-state index in [2.05, 4.69) is 25.6 Å². The number of tetrazole rings is 1. The quantitative estimate of drug-likeness (QED) is 0.426. The summed E-state index contributed by atoms with van der Waals surface area (Å²) in [5.74, 6) is 0.416. The van der Waals surface area contributed by atoms with Crippen LogP contribution < -0.4 is 5.43 Å². The molecule has 0 fully saturated rings. The van der Waals surface area contributed by atoms with Crippen molar-refractivity contribution in [3.63, 3.8) is 0 Å². The Morgan fingerprint density at radius 3 is 2.77 bits per heavy atom. The first-order valence-corrected chi connectivity index (χ1v) is 6.36. The average molecular weight is 291 g/mol. The minimum absolute atomic E-state index is 0.193. The van der Waals surface area contributed by atoms with Gasteiger partial charge in [-0.3, -0.25) is 4.79 Å². The molecule has 0 aliphatic carbocycles. The molecule has 0 bridgehead atoms. The van der Waals surface area contributed by atoms with Crippen LogP contribution in [-0.2, 0) is 0 Å². The van der Waals surface area contributed by atoms with Crippen LogP contribution in [0.15, 0.2) is 45.6 Å². The van der Waals surface area contributed by atoms with Gasteiger partial charge < -0.3 is 4.42 Å². The molecule has 2 aromatic carbocycles. The molecule has 8 nitrogen and oxygen atoms in total. The van der Waals surface area contributed by atoms with E-state index in [4.69, 9.17) is 9.81 Å². The monoisotopic (exact) mass is 291 g/mol. The first-order valence-electron chi connectivity index (χ1n) is 6.36. The zero-order valence-corrected chi connectivity index (χ0v) is 11.0. The first kappa shape index (κ1) is 12.2. The molecule has 0 amide bonds. The van der Waals surface area contributed by atoms with Crippen molar-refractivity contribution in [1.82, 2.24) is 20.6 Å². The zero-order chi connectivity index (χ0) is 15.1. The van der Waals surface area contributed by atoms with Crippen molar-refractivity contribution in [3.8, 4) is 11.4 Å². The van der Waals surface area contributed by atoms with E-state index in [9.17, 15) is 4.79 Å². The SMILES string of the molecule is N#[N+]c1ccc2oc3cc(-c4nn[nH]n4)ccc3c(=O)c2c1. The Morgan fingerprint density at radius 2 is 2.00 bits per heavy atom. The van der Waals surface area contributed by atoms with Crippen molar-refractivity contribution in [2.45, 2.75) is 0 Å². The number of fused-ring (bicyclic) bond motifs is 2. The van der Waals surface area contributed by atoms with E-state index in [1.165, 1.54) is 6.07 Å². The Bertz CT molecular complexity index is 1110. The van der Waals surface area contributed by atoms with Gasteiger partial charge >= 0.3 is 5.69 Å². The van der Waals surface area contributed by atoms with Crippen LogP contribution in [0.4, 0.5) is 5.69 Å². The molecule has 0 aliphatic heterocycles. The van der Waals surface area contributed by atoms with Gasteiger partial charge in [0.2, 0.25) is 16.6 Å². The summed E-state index contributed by atoms with van der Waals surface area (Å²) in [6.07, 6.45) is 0. The smallest absolute Gasteiger partial charge is 0.386 e. The highest BCUT2D eigenvalue weighted by molar-refractivity contribution is 5.92. The van der Waals surface area contributed by atoms with E-state index in [1.54, 1.807) is 30.3 Å². The summed E-state index contributed by atoms with van der Waals surface area (Å²) in [6.45, 7) is 0. The molecule has 0 saturated heterocycles. The lowest BCUT2D eigenvalue weighted by atomic mass is 10.1. The number of nitrogens with zero attached hydrogens (tertiary/aromatic N) is 5.